The summed E-state index contributed by atoms with van der Waals surface area (Å²) in [4.78, 5) is 56.9. The number of esters is 3. The van der Waals surface area contributed by atoms with E-state index in [9.17, 15) is 24.0 Å². The maximum absolute atomic E-state index is 12.0. The Kier molecular flexibility index (Phi) is 34.0. The lowest BCUT2D eigenvalue weighted by molar-refractivity contribution is -0.160. The second-order valence-electron chi connectivity index (χ2n) is 13.9. The molecule has 0 rings (SSSR count). The third-order valence-corrected chi connectivity index (χ3v) is 9.06. The number of carbonyl (C=O) groups is 5. The van der Waals surface area contributed by atoms with Crippen LogP contribution in [-0.2, 0) is 33.4 Å². The van der Waals surface area contributed by atoms with Crippen LogP contribution in [0.15, 0.2) is 0 Å². The molecule has 0 amide bonds. The summed E-state index contributed by atoms with van der Waals surface area (Å²) in [6.45, 7) is 0. The molecule has 0 aromatic carbocycles. The molecule has 50 heavy (non-hydrogen) atoms. The van der Waals surface area contributed by atoms with E-state index in [1.54, 1.807) is 0 Å². The first-order valence-corrected chi connectivity index (χ1v) is 20.2. The van der Waals surface area contributed by atoms with Gasteiger partial charge in [-0.2, -0.15) is 0 Å². The average molecular weight is 710 g/mol. The number of carbonyl (C=O) groups excluding carboxylic acids is 3. The first kappa shape index (κ1) is 47.2. The molecule has 0 unspecified atom stereocenters. The highest BCUT2D eigenvalue weighted by Crippen LogP contribution is 2.16. The van der Waals surface area contributed by atoms with Crippen molar-refractivity contribution in [2.45, 2.75) is 218 Å². The molecule has 0 heterocycles. The van der Waals surface area contributed by atoms with Crippen LogP contribution in [0.4, 0.5) is 0 Å². The lowest BCUT2D eigenvalue weighted by Gasteiger charge is -2.06. The van der Waals surface area contributed by atoms with Crippen molar-refractivity contribution in [3.05, 3.63) is 0 Å². The molecule has 0 bridgehead atoms. The van der Waals surface area contributed by atoms with E-state index >= 15 is 0 Å². The number of unbranched alkanes of at least 4 members (excludes halogenated alkanes) is 26. The lowest BCUT2D eigenvalue weighted by Crippen LogP contribution is -2.16. The van der Waals surface area contributed by atoms with Gasteiger partial charge in [0.25, 0.3) is 0 Å². The quantitative estimate of drug-likeness (QED) is 0.0187. The molecule has 0 aliphatic heterocycles. The molecular weight excluding hydrogens is 638 g/mol. The van der Waals surface area contributed by atoms with Gasteiger partial charge in [0.15, 0.2) is 5.90 Å². The van der Waals surface area contributed by atoms with Gasteiger partial charge < -0.3 is 19.7 Å². The predicted molar refractivity (Wildman–Crippen MR) is 197 cm³/mol. The molecule has 0 radical (unpaired) electrons. The normalized spacial score (nSPS) is 11.0. The van der Waals surface area contributed by atoms with E-state index < -0.39 is 29.8 Å². The summed E-state index contributed by atoms with van der Waals surface area (Å²) in [5.41, 5.74) is 0. The molecule has 0 aliphatic rings. The van der Waals surface area contributed by atoms with Gasteiger partial charge >= 0.3 is 29.8 Å². The Hall–Kier alpha value is -2.78. The third-order valence-electron chi connectivity index (χ3n) is 9.06. The number of rotatable bonds is 37. The first-order valence-electron chi connectivity index (χ1n) is 20.2. The van der Waals surface area contributed by atoms with Gasteiger partial charge in [0.2, 0.25) is 0 Å². The van der Waals surface area contributed by atoms with E-state index in [1.807, 2.05) is 0 Å². The van der Waals surface area contributed by atoms with Crippen LogP contribution in [0.3, 0.4) is 0 Å². The molecule has 10 nitrogen and oxygen atoms in total. The van der Waals surface area contributed by atoms with Gasteiger partial charge in [-0.25, -0.2) is 0 Å². The topological polar surface area (TPSA) is 168 Å². The highest BCUT2D eigenvalue weighted by molar-refractivity contribution is 5.90. The molecule has 0 fully saturated rings. The Morgan fingerprint density at radius 2 is 0.520 bits per heavy atom. The highest BCUT2D eigenvalue weighted by Gasteiger charge is 2.14. The summed E-state index contributed by atoms with van der Waals surface area (Å²) in [5, 5.41) is 25.1. The fourth-order valence-corrected chi connectivity index (χ4v) is 6.02. The second kappa shape index (κ2) is 36.0. The van der Waals surface area contributed by atoms with Crippen LogP contribution in [0.2, 0.25) is 0 Å². The molecule has 0 saturated heterocycles. The van der Waals surface area contributed by atoms with Crippen LogP contribution in [0.25, 0.3) is 0 Å². The number of aliphatic carboxylic acids is 2. The van der Waals surface area contributed by atoms with Crippen molar-refractivity contribution in [3.63, 3.8) is 0 Å². The number of hydrogen-bond acceptors (Lipinski definition) is 8. The van der Waals surface area contributed by atoms with Gasteiger partial charge in [-0.05, 0) is 25.7 Å². The minimum Gasteiger partial charge on any atom is -0.481 e. The van der Waals surface area contributed by atoms with Crippen molar-refractivity contribution >= 4 is 35.7 Å². The average Bonchev–Trinajstić information content (AvgIpc) is 3.06. The predicted octanol–water partition coefficient (Wildman–Crippen LogP) is 11.0. The van der Waals surface area contributed by atoms with Gasteiger partial charge in [0, 0.05) is 32.1 Å². The molecule has 0 spiro atoms. The number of carboxylic acids is 2. The molecule has 290 valence electrons. The molecule has 0 atom stereocenters. The SMILES string of the molecule is N=C(CCC(=O)OC(=O)CCCCCCCCCCCCCCCCC(=O)O)OC(=O)CCCCCCCCCCCCCCCCC(=O)O. The van der Waals surface area contributed by atoms with Crippen molar-refractivity contribution in [1.29, 1.82) is 5.41 Å². The van der Waals surface area contributed by atoms with Gasteiger partial charge in [-0.1, -0.05) is 154 Å². The van der Waals surface area contributed by atoms with Crippen molar-refractivity contribution in [1.82, 2.24) is 0 Å². The van der Waals surface area contributed by atoms with Crippen LogP contribution >= 0.6 is 0 Å². The summed E-state index contributed by atoms with van der Waals surface area (Å²) < 4.78 is 9.86. The number of ether oxygens (including phenoxy) is 2. The zero-order valence-corrected chi connectivity index (χ0v) is 31.3. The van der Waals surface area contributed by atoms with E-state index in [4.69, 9.17) is 25.1 Å². The van der Waals surface area contributed by atoms with Crippen LogP contribution < -0.4 is 0 Å². The number of hydrogen-bond donors (Lipinski definition) is 3. The van der Waals surface area contributed by atoms with E-state index in [1.165, 1.54) is 89.9 Å². The summed E-state index contributed by atoms with van der Waals surface area (Å²) in [6.07, 6.45) is 31.6. The Morgan fingerprint density at radius 1 is 0.300 bits per heavy atom. The Morgan fingerprint density at radius 3 is 0.800 bits per heavy atom. The van der Waals surface area contributed by atoms with E-state index in [0.29, 0.717) is 6.42 Å². The van der Waals surface area contributed by atoms with Gasteiger partial charge in [0.05, 0.1) is 6.42 Å². The monoisotopic (exact) mass is 710 g/mol. The van der Waals surface area contributed by atoms with Crippen LogP contribution in [0, 0.1) is 5.41 Å². The zero-order chi connectivity index (χ0) is 36.9. The third kappa shape index (κ3) is 38.0. The molecule has 0 aromatic rings. The van der Waals surface area contributed by atoms with Crippen molar-refractivity contribution in [2.24, 2.45) is 0 Å². The minimum atomic E-state index is -0.703. The Labute approximate surface area is 302 Å². The second-order valence-corrected chi connectivity index (χ2v) is 13.9. The smallest absolute Gasteiger partial charge is 0.313 e. The minimum absolute atomic E-state index is 0.0702. The molecule has 0 saturated carbocycles. The summed E-state index contributed by atoms with van der Waals surface area (Å²) in [5.74, 6) is -3.38. The Balaban J connectivity index is 3.49. The molecule has 3 N–H and O–H groups in total. The van der Waals surface area contributed by atoms with Crippen molar-refractivity contribution in [3.8, 4) is 0 Å². The maximum atomic E-state index is 12.0. The van der Waals surface area contributed by atoms with Gasteiger partial charge in [0.1, 0.15) is 0 Å². The maximum Gasteiger partial charge on any atom is 0.313 e. The van der Waals surface area contributed by atoms with Crippen LogP contribution in [0.1, 0.15) is 218 Å². The van der Waals surface area contributed by atoms with Gasteiger partial charge in [-0.3, -0.25) is 29.4 Å². The zero-order valence-electron chi connectivity index (χ0n) is 31.3. The molecule has 10 heteroatoms. The number of nitrogens with one attached hydrogen (secondary N) is 1. The standard InChI is InChI=1S/C40H71NO9/c41-35(49-38(46)31-27-23-19-15-11-7-3-1-5-9-13-17-21-25-29-36(42)43)33-34-40(48)50-39(47)32-28-24-20-16-12-8-4-2-6-10-14-18-22-26-30-37(44)45/h41H,1-34H2,(H,42,43)(H,44,45). The largest absolute Gasteiger partial charge is 0.481 e. The Bertz CT molecular complexity index is 833. The number of carboxylic acid groups (broad SMARTS) is 2. The fraction of sp³-hybridized carbons (Fsp3) is 0.850. The highest BCUT2D eigenvalue weighted by atomic mass is 16.6. The molecule has 0 aromatic heterocycles. The van der Waals surface area contributed by atoms with E-state index in [-0.39, 0.29) is 44.4 Å². The van der Waals surface area contributed by atoms with Gasteiger partial charge in [-0.15, -0.1) is 0 Å². The van der Waals surface area contributed by atoms with Crippen molar-refractivity contribution < 1.29 is 43.7 Å². The lowest BCUT2D eigenvalue weighted by atomic mass is 10.0. The molecular formula is C40H71NO9. The summed E-state index contributed by atoms with van der Waals surface area (Å²) in [7, 11) is 0. The summed E-state index contributed by atoms with van der Waals surface area (Å²) >= 11 is 0. The van der Waals surface area contributed by atoms with Crippen LogP contribution in [-0.4, -0.2) is 46.0 Å². The van der Waals surface area contributed by atoms with Crippen molar-refractivity contribution in [2.75, 3.05) is 0 Å². The van der Waals surface area contributed by atoms with Crippen LogP contribution in [0.5, 0.6) is 0 Å². The molecule has 0 aliphatic carbocycles. The first-order chi connectivity index (χ1) is 24.2. The van der Waals surface area contributed by atoms with E-state index in [2.05, 4.69) is 0 Å². The fourth-order valence-electron chi connectivity index (χ4n) is 6.02. The summed E-state index contributed by atoms with van der Waals surface area (Å²) in [6, 6.07) is 0. The van der Waals surface area contributed by atoms with E-state index in [0.717, 1.165) is 83.5 Å².